The van der Waals surface area contributed by atoms with E-state index in [1.54, 1.807) is 13.8 Å². The summed E-state index contributed by atoms with van der Waals surface area (Å²) in [5.74, 6) is -1.51. The predicted octanol–water partition coefficient (Wildman–Crippen LogP) is 1.45. The van der Waals surface area contributed by atoms with Gasteiger partial charge in [0.2, 0.25) is 0 Å². The third-order valence-corrected chi connectivity index (χ3v) is 3.27. The Morgan fingerprint density at radius 2 is 2.05 bits per heavy atom. The fourth-order valence-electron chi connectivity index (χ4n) is 1.45. The molecule has 6 heteroatoms. The number of Topliss-reactive ketones (excluding diaryl/α,β-unsaturated/α-hetero) is 1. The van der Waals surface area contributed by atoms with Gasteiger partial charge in [0.25, 0.3) is 5.91 Å². The Hall–Kier alpha value is -2.11. The molecular weight excluding hydrogens is 248 g/mol. The summed E-state index contributed by atoms with van der Waals surface area (Å²) < 4.78 is 0. The minimum absolute atomic E-state index is 0.0338. The predicted molar refractivity (Wildman–Crippen MR) is 69.2 cm³/mol. The zero-order valence-electron chi connectivity index (χ0n) is 11.2. The average molecular weight is 266 g/mol. The number of aromatic amines is 1. The van der Waals surface area contributed by atoms with E-state index in [9.17, 15) is 14.4 Å². The van der Waals surface area contributed by atoms with E-state index in [0.717, 1.165) is 0 Å². The molecule has 0 saturated carbocycles. The second-order valence-electron chi connectivity index (χ2n) is 4.76. The van der Waals surface area contributed by atoms with Crippen LogP contribution in [-0.4, -0.2) is 34.3 Å². The maximum absolute atomic E-state index is 11.8. The summed E-state index contributed by atoms with van der Waals surface area (Å²) in [6.07, 6.45) is 1.86. The molecule has 0 spiro atoms. The molecular formula is C13H18N2O4. The quantitative estimate of drug-likeness (QED) is 0.678. The first-order chi connectivity index (χ1) is 8.80. The number of ketones is 1. The first-order valence-electron chi connectivity index (χ1n) is 6.01. The number of aliphatic carboxylic acids is 1. The van der Waals surface area contributed by atoms with Gasteiger partial charge in [0.1, 0.15) is 5.69 Å². The van der Waals surface area contributed by atoms with Crippen LogP contribution in [0.25, 0.3) is 0 Å². The fraction of sp³-hybridized carbons (Fsp3) is 0.462. The lowest BCUT2D eigenvalue weighted by atomic mass is 9.88. The molecule has 1 amide bonds. The number of hydrogen-bond donors (Lipinski definition) is 3. The van der Waals surface area contributed by atoms with Crippen molar-refractivity contribution in [1.82, 2.24) is 10.3 Å². The maximum atomic E-state index is 11.8. The number of rotatable bonds is 6. The Kier molecular flexibility index (Phi) is 4.47. The van der Waals surface area contributed by atoms with E-state index >= 15 is 0 Å². The summed E-state index contributed by atoms with van der Waals surface area (Å²) in [6.45, 7) is 4.77. The van der Waals surface area contributed by atoms with Gasteiger partial charge in [-0.3, -0.25) is 14.4 Å². The van der Waals surface area contributed by atoms with Gasteiger partial charge in [-0.2, -0.15) is 0 Å². The van der Waals surface area contributed by atoms with Gasteiger partial charge < -0.3 is 15.4 Å². The van der Waals surface area contributed by atoms with Crippen molar-refractivity contribution in [3.63, 3.8) is 0 Å². The van der Waals surface area contributed by atoms with Crippen LogP contribution in [0, 0.1) is 5.41 Å². The lowest BCUT2D eigenvalue weighted by molar-refractivity contribution is -0.147. The molecule has 0 aliphatic heterocycles. The molecule has 0 aliphatic carbocycles. The molecule has 1 heterocycles. The lowest BCUT2D eigenvalue weighted by Gasteiger charge is -2.22. The summed E-state index contributed by atoms with van der Waals surface area (Å²) in [6, 6.07) is 1.45. The number of carboxylic acids is 1. The number of nitrogens with one attached hydrogen (secondary N) is 2. The van der Waals surface area contributed by atoms with Crippen LogP contribution in [0.3, 0.4) is 0 Å². The van der Waals surface area contributed by atoms with Gasteiger partial charge in [0.15, 0.2) is 5.78 Å². The van der Waals surface area contributed by atoms with Crippen LogP contribution < -0.4 is 5.32 Å². The summed E-state index contributed by atoms with van der Waals surface area (Å²) in [5.41, 5.74) is -0.332. The van der Waals surface area contributed by atoms with Crippen LogP contribution in [0.1, 0.15) is 48.0 Å². The molecule has 1 unspecified atom stereocenters. The maximum Gasteiger partial charge on any atom is 0.311 e. The molecule has 0 radical (unpaired) electrons. The largest absolute Gasteiger partial charge is 0.481 e. The lowest BCUT2D eigenvalue weighted by Crippen LogP contribution is -2.40. The van der Waals surface area contributed by atoms with Gasteiger partial charge in [-0.15, -0.1) is 0 Å². The normalized spacial score (nSPS) is 13.6. The Labute approximate surface area is 111 Å². The molecule has 0 fully saturated rings. The van der Waals surface area contributed by atoms with Crippen molar-refractivity contribution in [3.05, 3.63) is 23.5 Å². The molecule has 1 aromatic rings. The first kappa shape index (κ1) is 14.9. The second-order valence-corrected chi connectivity index (χ2v) is 4.76. The van der Waals surface area contributed by atoms with E-state index in [0.29, 0.717) is 12.0 Å². The zero-order chi connectivity index (χ0) is 14.6. The van der Waals surface area contributed by atoms with Crippen LogP contribution in [0.4, 0.5) is 0 Å². The topological polar surface area (TPSA) is 99.3 Å². The van der Waals surface area contributed by atoms with Gasteiger partial charge >= 0.3 is 5.97 Å². The molecule has 19 heavy (non-hydrogen) atoms. The van der Waals surface area contributed by atoms with Crippen molar-refractivity contribution in [1.29, 1.82) is 0 Å². The Morgan fingerprint density at radius 1 is 1.42 bits per heavy atom. The standard InChI is InChI=1S/C13H18N2O4/c1-4-13(3,12(18)19)7-15-11(17)10-5-9(6-14-10)8(2)16/h5-6,14H,4,7H2,1-3H3,(H,15,17)(H,18,19). The molecule has 1 aromatic heterocycles. The highest BCUT2D eigenvalue weighted by atomic mass is 16.4. The zero-order valence-corrected chi connectivity index (χ0v) is 11.2. The smallest absolute Gasteiger partial charge is 0.311 e. The van der Waals surface area contributed by atoms with Gasteiger partial charge in [-0.25, -0.2) is 0 Å². The SMILES string of the molecule is CCC(C)(CNC(=O)c1cc(C(C)=O)c[nH]1)C(=O)O. The first-order valence-corrected chi connectivity index (χ1v) is 6.01. The van der Waals surface area contributed by atoms with Crippen molar-refractivity contribution in [3.8, 4) is 0 Å². The van der Waals surface area contributed by atoms with Crippen LogP contribution in [0.15, 0.2) is 12.3 Å². The Morgan fingerprint density at radius 3 is 2.47 bits per heavy atom. The highest BCUT2D eigenvalue weighted by Crippen LogP contribution is 2.20. The number of hydrogen-bond acceptors (Lipinski definition) is 3. The summed E-state index contributed by atoms with van der Waals surface area (Å²) >= 11 is 0. The van der Waals surface area contributed by atoms with Gasteiger partial charge in [-0.05, 0) is 26.3 Å². The molecule has 0 aliphatic rings. The van der Waals surface area contributed by atoms with E-state index < -0.39 is 17.3 Å². The molecule has 3 N–H and O–H groups in total. The van der Waals surface area contributed by atoms with E-state index in [4.69, 9.17) is 5.11 Å². The number of aromatic nitrogens is 1. The number of carbonyl (C=O) groups excluding carboxylic acids is 2. The van der Waals surface area contributed by atoms with Crippen molar-refractivity contribution in [2.75, 3.05) is 6.54 Å². The number of amides is 1. The van der Waals surface area contributed by atoms with Gasteiger partial charge in [0.05, 0.1) is 5.41 Å². The summed E-state index contributed by atoms with van der Waals surface area (Å²) in [7, 11) is 0. The van der Waals surface area contributed by atoms with Crippen molar-refractivity contribution in [2.24, 2.45) is 5.41 Å². The highest BCUT2D eigenvalue weighted by Gasteiger charge is 2.31. The van der Waals surface area contributed by atoms with E-state index in [1.165, 1.54) is 19.2 Å². The summed E-state index contributed by atoms with van der Waals surface area (Å²) in [4.78, 5) is 36.7. The molecule has 6 nitrogen and oxygen atoms in total. The van der Waals surface area contributed by atoms with Crippen molar-refractivity contribution < 1.29 is 19.5 Å². The fourth-order valence-corrected chi connectivity index (χ4v) is 1.45. The van der Waals surface area contributed by atoms with Crippen LogP contribution >= 0.6 is 0 Å². The Balaban J connectivity index is 2.69. The van der Waals surface area contributed by atoms with Crippen LogP contribution in [0.2, 0.25) is 0 Å². The van der Waals surface area contributed by atoms with E-state index in [2.05, 4.69) is 10.3 Å². The molecule has 0 bridgehead atoms. The number of carboxylic acid groups (broad SMARTS) is 1. The third kappa shape index (κ3) is 3.43. The average Bonchev–Trinajstić information content (AvgIpc) is 2.85. The van der Waals surface area contributed by atoms with E-state index in [-0.39, 0.29) is 18.0 Å². The number of carbonyl (C=O) groups is 3. The van der Waals surface area contributed by atoms with E-state index in [1.807, 2.05) is 0 Å². The second kappa shape index (κ2) is 5.69. The minimum Gasteiger partial charge on any atom is -0.481 e. The number of H-pyrrole nitrogens is 1. The molecule has 104 valence electrons. The van der Waals surface area contributed by atoms with Gasteiger partial charge in [0, 0.05) is 18.3 Å². The monoisotopic (exact) mass is 266 g/mol. The van der Waals surface area contributed by atoms with Crippen LogP contribution in [-0.2, 0) is 4.79 Å². The Bertz CT molecular complexity index is 506. The van der Waals surface area contributed by atoms with Crippen molar-refractivity contribution in [2.45, 2.75) is 27.2 Å². The molecule has 0 aromatic carbocycles. The summed E-state index contributed by atoms with van der Waals surface area (Å²) in [5, 5.41) is 11.7. The molecule has 1 atom stereocenters. The molecule has 1 rings (SSSR count). The third-order valence-electron chi connectivity index (χ3n) is 3.27. The highest BCUT2D eigenvalue weighted by molar-refractivity contribution is 5.99. The van der Waals surface area contributed by atoms with Crippen molar-refractivity contribution >= 4 is 17.7 Å². The van der Waals surface area contributed by atoms with Crippen LogP contribution in [0.5, 0.6) is 0 Å². The minimum atomic E-state index is -0.994. The van der Waals surface area contributed by atoms with Gasteiger partial charge in [-0.1, -0.05) is 6.92 Å². The molecule has 0 saturated heterocycles.